The Morgan fingerprint density at radius 1 is 1.20 bits per heavy atom. The lowest BCUT2D eigenvalue weighted by molar-refractivity contribution is 0.0343. The predicted molar refractivity (Wildman–Crippen MR) is 60.4 cm³/mol. The summed E-state index contributed by atoms with van der Waals surface area (Å²) in [6, 6.07) is 0. The van der Waals surface area contributed by atoms with Crippen LogP contribution in [0.3, 0.4) is 0 Å². The van der Waals surface area contributed by atoms with Crippen LogP contribution in [-0.4, -0.2) is 43.9 Å². The van der Waals surface area contributed by atoms with Crippen molar-refractivity contribution < 1.29 is 18.6 Å². The summed E-state index contributed by atoms with van der Waals surface area (Å²) in [6.45, 7) is 3.63. The lowest BCUT2D eigenvalue weighted by atomic mass is 9.79. The van der Waals surface area contributed by atoms with Crippen LogP contribution >= 0.6 is 0 Å². The average molecular weight is 238 g/mol. The van der Waals surface area contributed by atoms with E-state index < -0.39 is 15.3 Å². The zero-order valence-electron chi connectivity index (χ0n) is 9.73. The highest BCUT2D eigenvalue weighted by molar-refractivity contribution is 7.90. The van der Waals surface area contributed by atoms with E-state index in [1.54, 1.807) is 0 Å². The number of rotatable bonds is 7. The molecule has 0 amide bonds. The molecule has 0 aliphatic heterocycles. The molecule has 0 aliphatic carbocycles. The van der Waals surface area contributed by atoms with Gasteiger partial charge in [-0.15, -0.1) is 0 Å². The maximum Gasteiger partial charge on any atom is 0.147 e. The minimum absolute atomic E-state index is 0.0147. The van der Waals surface area contributed by atoms with Crippen molar-refractivity contribution in [2.75, 3.05) is 25.2 Å². The minimum Gasteiger partial charge on any atom is -0.396 e. The highest BCUT2D eigenvalue weighted by Crippen LogP contribution is 2.29. The van der Waals surface area contributed by atoms with E-state index in [1.807, 2.05) is 13.8 Å². The lowest BCUT2D eigenvalue weighted by Gasteiger charge is -2.31. The van der Waals surface area contributed by atoms with Gasteiger partial charge in [-0.2, -0.15) is 0 Å². The first kappa shape index (κ1) is 14.9. The Kier molecular flexibility index (Phi) is 5.77. The summed E-state index contributed by atoms with van der Waals surface area (Å²) in [5.41, 5.74) is -0.656. The Morgan fingerprint density at radius 2 is 1.67 bits per heavy atom. The van der Waals surface area contributed by atoms with Crippen LogP contribution in [0.25, 0.3) is 0 Å². The Balaban J connectivity index is 4.50. The van der Waals surface area contributed by atoms with Gasteiger partial charge < -0.3 is 10.2 Å². The number of hydrogen-bond acceptors (Lipinski definition) is 4. The van der Waals surface area contributed by atoms with Crippen molar-refractivity contribution >= 4 is 9.84 Å². The zero-order chi connectivity index (χ0) is 12.1. The quantitative estimate of drug-likeness (QED) is 0.675. The molecular weight excluding hydrogens is 216 g/mol. The summed E-state index contributed by atoms with van der Waals surface area (Å²) in [5.74, 6) is 0.338. The molecule has 4 nitrogen and oxygen atoms in total. The molecule has 0 unspecified atom stereocenters. The van der Waals surface area contributed by atoms with Crippen molar-refractivity contribution in [3.63, 3.8) is 0 Å². The van der Waals surface area contributed by atoms with Crippen LogP contribution in [-0.2, 0) is 9.84 Å². The first-order valence-electron chi connectivity index (χ1n) is 5.14. The Morgan fingerprint density at radius 3 is 1.93 bits per heavy atom. The first-order chi connectivity index (χ1) is 6.74. The van der Waals surface area contributed by atoms with E-state index >= 15 is 0 Å². The van der Waals surface area contributed by atoms with Crippen LogP contribution < -0.4 is 0 Å². The second-order valence-corrected chi connectivity index (χ2v) is 7.05. The number of sulfone groups is 1. The van der Waals surface area contributed by atoms with Crippen LogP contribution in [0, 0.1) is 11.3 Å². The smallest absolute Gasteiger partial charge is 0.147 e. The summed E-state index contributed by atoms with van der Waals surface area (Å²) in [4.78, 5) is 0. The third kappa shape index (κ3) is 6.12. The van der Waals surface area contributed by atoms with Gasteiger partial charge in [0.25, 0.3) is 0 Å². The van der Waals surface area contributed by atoms with E-state index in [-0.39, 0.29) is 19.0 Å². The lowest BCUT2D eigenvalue weighted by Crippen LogP contribution is -2.33. The van der Waals surface area contributed by atoms with Crippen molar-refractivity contribution in [1.82, 2.24) is 0 Å². The average Bonchev–Trinajstić information content (AvgIpc) is 2.10. The van der Waals surface area contributed by atoms with Gasteiger partial charge in [-0.25, -0.2) is 8.42 Å². The maximum absolute atomic E-state index is 11.0. The molecule has 0 rings (SSSR count). The SMILES string of the molecule is CC(C)CC(CO)(CO)CCS(C)(=O)=O. The molecule has 0 saturated carbocycles. The number of aliphatic hydroxyl groups is 2. The number of hydrogen-bond donors (Lipinski definition) is 2. The summed E-state index contributed by atoms with van der Waals surface area (Å²) in [5, 5.41) is 18.5. The summed E-state index contributed by atoms with van der Waals surface area (Å²) in [7, 11) is -3.04. The fourth-order valence-electron chi connectivity index (χ4n) is 1.71. The van der Waals surface area contributed by atoms with Crippen molar-refractivity contribution in [3.8, 4) is 0 Å². The molecule has 0 bridgehead atoms. The van der Waals surface area contributed by atoms with E-state index in [2.05, 4.69) is 0 Å². The van der Waals surface area contributed by atoms with Crippen LogP contribution in [0.15, 0.2) is 0 Å². The molecule has 0 aromatic carbocycles. The molecule has 0 aromatic heterocycles. The molecular formula is C10H22O4S. The van der Waals surface area contributed by atoms with Crippen LogP contribution in [0.4, 0.5) is 0 Å². The molecule has 0 aromatic rings. The van der Waals surface area contributed by atoms with Gasteiger partial charge in [0.15, 0.2) is 0 Å². The Labute approximate surface area is 92.2 Å². The molecule has 92 valence electrons. The van der Waals surface area contributed by atoms with Gasteiger partial charge in [0.05, 0.1) is 19.0 Å². The molecule has 0 atom stereocenters. The van der Waals surface area contributed by atoms with Crippen molar-refractivity contribution in [1.29, 1.82) is 0 Å². The standard InChI is InChI=1S/C10H22O4S/c1-9(2)6-10(7-11,8-12)4-5-15(3,13)14/h9,11-12H,4-8H2,1-3H3. The first-order valence-corrected chi connectivity index (χ1v) is 7.20. The third-order valence-electron chi connectivity index (χ3n) is 2.52. The fraction of sp³-hybridized carbons (Fsp3) is 1.00. The predicted octanol–water partition coefficient (Wildman–Crippen LogP) is 0.438. The molecule has 0 saturated heterocycles. The molecule has 0 radical (unpaired) electrons. The topological polar surface area (TPSA) is 74.6 Å². The highest BCUT2D eigenvalue weighted by atomic mass is 32.2. The molecule has 0 aliphatic rings. The normalized spacial score (nSPS) is 13.5. The van der Waals surface area contributed by atoms with Crippen LogP contribution in [0.1, 0.15) is 26.7 Å². The van der Waals surface area contributed by atoms with Crippen LogP contribution in [0.2, 0.25) is 0 Å². The maximum atomic E-state index is 11.0. The molecule has 0 fully saturated rings. The van der Waals surface area contributed by atoms with Gasteiger partial charge in [0.2, 0.25) is 0 Å². The van der Waals surface area contributed by atoms with E-state index in [0.717, 1.165) is 0 Å². The van der Waals surface area contributed by atoms with Gasteiger partial charge in [0, 0.05) is 11.7 Å². The van der Waals surface area contributed by atoms with Gasteiger partial charge in [-0.1, -0.05) is 13.8 Å². The van der Waals surface area contributed by atoms with E-state index in [1.165, 1.54) is 6.26 Å². The van der Waals surface area contributed by atoms with Gasteiger partial charge >= 0.3 is 0 Å². The number of aliphatic hydroxyl groups excluding tert-OH is 2. The summed E-state index contributed by atoms with van der Waals surface area (Å²) < 4.78 is 22.1. The summed E-state index contributed by atoms with van der Waals surface area (Å²) in [6.07, 6.45) is 2.12. The van der Waals surface area contributed by atoms with Gasteiger partial charge in [0.1, 0.15) is 9.84 Å². The molecule has 5 heteroatoms. The Hall–Kier alpha value is -0.130. The highest BCUT2D eigenvalue weighted by Gasteiger charge is 2.30. The summed E-state index contributed by atoms with van der Waals surface area (Å²) >= 11 is 0. The Bertz CT molecular complexity index is 265. The second kappa shape index (κ2) is 5.82. The van der Waals surface area contributed by atoms with E-state index in [9.17, 15) is 18.6 Å². The molecule has 2 N–H and O–H groups in total. The van der Waals surface area contributed by atoms with Crippen LogP contribution in [0.5, 0.6) is 0 Å². The van der Waals surface area contributed by atoms with E-state index in [4.69, 9.17) is 0 Å². The second-order valence-electron chi connectivity index (χ2n) is 4.79. The monoisotopic (exact) mass is 238 g/mol. The van der Waals surface area contributed by atoms with Gasteiger partial charge in [-0.05, 0) is 18.8 Å². The van der Waals surface area contributed by atoms with Crippen molar-refractivity contribution in [2.24, 2.45) is 11.3 Å². The largest absolute Gasteiger partial charge is 0.396 e. The van der Waals surface area contributed by atoms with Crippen molar-refractivity contribution in [2.45, 2.75) is 26.7 Å². The van der Waals surface area contributed by atoms with Gasteiger partial charge in [-0.3, -0.25) is 0 Å². The minimum atomic E-state index is -3.04. The fourth-order valence-corrected chi connectivity index (χ4v) is 2.51. The molecule has 15 heavy (non-hydrogen) atoms. The molecule has 0 heterocycles. The zero-order valence-corrected chi connectivity index (χ0v) is 10.5. The third-order valence-corrected chi connectivity index (χ3v) is 3.46. The van der Waals surface area contributed by atoms with Crippen molar-refractivity contribution in [3.05, 3.63) is 0 Å². The molecule has 0 spiro atoms. The van der Waals surface area contributed by atoms with E-state index in [0.29, 0.717) is 18.8 Å².